The summed E-state index contributed by atoms with van der Waals surface area (Å²) in [6, 6.07) is 6.30. The number of anilines is 1. The highest BCUT2D eigenvalue weighted by Gasteiger charge is 2.08. The molecule has 0 radical (unpaired) electrons. The third-order valence-corrected chi connectivity index (χ3v) is 4.14. The number of aryl methyl sites for hydroxylation is 2. The van der Waals surface area contributed by atoms with Gasteiger partial charge in [0.25, 0.3) is 0 Å². The van der Waals surface area contributed by atoms with Crippen molar-refractivity contribution in [2.45, 2.75) is 45.4 Å². The lowest BCUT2D eigenvalue weighted by Gasteiger charge is -2.02. The van der Waals surface area contributed by atoms with Crippen molar-refractivity contribution in [2.75, 3.05) is 5.32 Å². The molecule has 1 N–H and O–H groups in total. The summed E-state index contributed by atoms with van der Waals surface area (Å²) >= 11 is 1.42. The molecule has 4 nitrogen and oxygen atoms in total. The van der Waals surface area contributed by atoms with Crippen LogP contribution in [0.5, 0.6) is 0 Å². The van der Waals surface area contributed by atoms with Crippen molar-refractivity contribution in [1.29, 1.82) is 0 Å². The third kappa shape index (κ3) is 5.52. The van der Waals surface area contributed by atoms with Gasteiger partial charge in [0.1, 0.15) is 10.8 Å². The fourth-order valence-electron chi connectivity index (χ4n) is 2.06. The summed E-state index contributed by atoms with van der Waals surface area (Å²) in [4.78, 5) is 11.9. The Hall–Kier alpha value is -1.82. The zero-order valence-corrected chi connectivity index (χ0v) is 13.5. The molecule has 0 saturated carbocycles. The molecule has 1 aromatic heterocycles. The number of benzene rings is 1. The van der Waals surface area contributed by atoms with Gasteiger partial charge in [0.15, 0.2) is 0 Å². The number of hydrogen-bond acceptors (Lipinski definition) is 4. The van der Waals surface area contributed by atoms with Crippen molar-refractivity contribution in [2.24, 2.45) is 0 Å². The molecule has 1 heterocycles. The predicted octanol–water partition coefficient (Wildman–Crippen LogP) is 3.98. The highest BCUT2D eigenvalue weighted by molar-refractivity contribution is 7.15. The molecular formula is C16H20FN3OS. The zero-order valence-electron chi connectivity index (χ0n) is 12.6. The largest absolute Gasteiger partial charge is 0.301 e. The Bertz CT molecular complexity index is 615. The van der Waals surface area contributed by atoms with Crippen molar-refractivity contribution in [3.05, 3.63) is 40.7 Å². The van der Waals surface area contributed by atoms with Crippen LogP contribution in [-0.2, 0) is 17.6 Å². The fraction of sp³-hybridized carbons (Fsp3) is 0.438. The van der Waals surface area contributed by atoms with Crippen LogP contribution in [0.3, 0.4) is 0 Å². The highest BCUT2D eigenvalue weighted by atomic mass is 32.1. The van der Waals surface area contributed by atoms with Crippen molar-refractivity contribution < 1.29 is 9.18 Å². The molecule has 1 aromatic carbocycles. The van der Waals surface area contributed by atoms with E-state index in [1.165, 1.54) is 36.3 Å². The van der Waals surface area contributed by atoms with Crippen LogP contribution in [0.15, 0.2) is 24.3 Å². The van der Waals surface area contributed by atoms with Gasteiger partial charge >= 0.3 is 0 Å². The number of halogens is 1. The fourth-order valence-corrected chi connectivity index (χ4v) is 2.86. The number of rotatable bonds is 8. The van der Waals surface area contributed by atoms with Crippen LogP contribution in [-0.4, -0.2) is 16.1 Å². The van der Waals surface area contributed by atoms with Gasteiger partial charge in [-0.1, -0.05) is 43.2 Å². The van der Waals surface area contributed by atoms with E-state index >= 15 is 0 Å². The maximum Gasteiger partial charge on any atom is 0.226 e. The van der Waals surface area contributed by atoms with Crippen LogP contribution in [0.4, 0.5) is 9.52 Å². The third-order valence-electron chi connectivity index (χ3n) is 3.24. The average molecular weight is 321 g/mol. The first-order valence-electron chi connectivity index (χ1n) is 7.54. The molecule has 0 unspecified atom stereocenters. The van der Waals surface area contributed by atoms with Gasteiger partial charge < -0.3 is 5.32 Å². The van der Waals surface area contributed by atoms with Gasteiger partial charge in [0.05, 0.1) is 0 Å². The second-order valence-corrected chi connectivity index (χ2v) is 6.20. The number of carbonyl (C=O) groups is 1. The first-order valence-corrected chi connectivity index (χ1v) is 8.35. The summed E-state index contributed by atoms with van der Waals surface area (Å²) in [6.45, 7) is 2.16. The van der Waals surface area contributed by atoms with E-state index in [9.17, 15) is 9.18 Å². The summed E-state index contributed by atoms with van der Waals surface area (Å²) in [5.41, 5.74) is 0.813. The molecule has 0 aliphatic carbocycles. The zero-order chi connectivity index (χ0) is 15.8. The normalized spacial score (nSPS) is 10.6. The Morgan fingerprint density at radius 1 is 1.27 bits per heavy atom. The number of nitrogens with zero attached hydrogens (tertiary/aromatic N) is 2. The second kappa shape index (κ2) is 8.58. The number of amides is 1. The van der Waals surface area contributed by atoms with Crippen molar-refractivity contribution in [3.8, 4) is 0 Å². The molecule has 0 aliphatic heterocycles. The predicted molar refractivity (Wildman–Crippen MR) is 86.5 cm³/mol. The maximum absolute atomic E-state index is 13.1. The Kier molecular flexibility index (Phi) is 6.45. The lowest BCUT2D eigenvalue weighted by atomic mass is 10.1. The monoisotopic (exact) mass is 321 g/mol. The summed E-state index contributed by atoms with van der Waals surface area (Å²) in [5, 5.41) is 12.3. The molecule has 0 atom stereocenters. The smallest absolute Gasteiger partial charge is 0.226 e. The molecule has 0 bridgehead atoms. The van der Waals surface area contributed by atoms with E-state index in [2.05, 4.69) is 22.4 Å². The number of aromatic nitrogens is 2. The van der Waals surface area contributed by atoms with Crippen LogP contribution in [0, 0.1) is 5.82 Å². The van der Waals surface area contributed by atoms with Crippen LogP contribution in [0.2, 0.25) is 0 Å². The minimum Gasteiger partial charge on any atom is -0.301 e. The Labute approximate surface area is 133 Å². The highest BCUT2D eigenvalue weighted by Crippen LogP contribution is 2.18. The summed E-state index contributed by atoms with van der Waals surface area (Å²) in [7, 11) is 0. The van der Waals surface area contributed by atoms with Crippen molar-refractivity contribution >= 4 is 22.4 Å². The molecule has 0 saturated heterocycles. The number of hydrogen-bond donors (Lipinski definition) is 1. The number of carbonyl (C=O) groups excluding carboxylic acids is 1. The van der Waals surface area contributed by atoms with Gasteiger partial charge in [-0.15, -0.1) is 10.2 Å². The average Bonchev–Trinajstić information content (AvgIpc) is 2.93. The lowest BCUT2D eigenvalue weighted by molar-refractivity contribution is -0.116. The van der Waals surface area contributed by atoms with Gasteiger partial charge in [-0.3, -0.25) is 4.79 Å². The van der Waals surface area contributed by atoms with Gasteiger partial charge in [-0.25, -0.2) is 4.39 Å². The van der Waals surface area contributed by atoms with Gasteiger partial charge in [-0.05, 0) is 30.5 Å². The first kappa shape index (κ1) is 16.5. The standard InChI is InChI=1S/C16H20FN3OS/c1-2-3-4-8-15-19-20-16(22-15)18-14(21)10-9-12-6-5-7-13(17)11-12/h5-7,11H,2-4,8-10H2,1H3,(H,18,20,21). The number of nitrogens with one attached hydrogen (secondary N) is 1. The Balaban J connectivity index is 1.77. The van der Waals surface area contributed by atoms with E-state index in [1.54, 1.807) is 6.07 Å². The number of unbranched alkanes of at least 4 members (excludes halogenated alkanes) is 2. The Morgan fingerprint density at radius 2 is 2.14 bits per heavy atom. The maximum atomic E-state index is 13.1. The van der Waals surface area contributed by atoms with E-state index < -0.39 is 0 Å². The van der Waals surface area contributed by atoms with Crippen LogP contribution in [0.1, 0.15) is 43.2 Å². The first-order chi connectivity index (χ1) is 10.7. The summed E-state index contributed by atoms with van der Waals surface area (Å²) in [6.07, 6.45) is 5.15. The van der Waals surface area contributed by atoms with Gasteiger partial charge in [0.2, 0.25) is 11.0 Å². The molecule has 0 aliphatic rings. The van der Waals surface area contributed by atoms with E-state index in [1.807, 2.05) is 6.07 Å². The molecule has 2 rings (SSSR count). The van der Waals surface area contributed by atoms with E-state index in [-0.39, 0.29) is 11.7 Å². The lowest BCUT2D eigenvalue weighted by Crippen LogP contribution is -2.12. The minimum absolute atomic E-state index is 0.125. The molecule has 118 valence electrons. The van der Waals surface area contributed by atoms with Gasteiger partial charge in [0, 0.05) is 12.8 Å². The summed E-state index contributed by atoms with van der Waals surface area (Å²) in [5.74, 6) is -0.403. The summed E-state index contributed by atoms with van der Waals surface area (Å²) < 4.78 is 13.1. The molecule has 2 aromatic rings. The topological polar surface area (TPSA) is 54.9 Å². The van der Waals surface area contributed by atoms with E-state index in [4.69, 9.17) is 0 Å². The molecule has 6 heteroatoms. The molecule has 0 spiro atoms. The molecule has 22 heavy (non-hydrogen) atoms. The van der Waals surface area contributed by atoms with Crippen LogP contribution < -0.4 is 5.32 Å². The second-order valence-electron chi connectivity index (χ2n) is 5.14. The van der Waals surface area contributed by atoms with Crippen LogP contribution >= 0.6 is 11.3 Å². The Morgan fingerprint density at radius 3 is 2.91 bits per heavy atom. The SMILES string of the molecule is CCCCCc1nnc(NC(=O)CCc2cccc(F)c2)s1. The minimum atomic E-state index is -0.279. The molecule has 0 fully saturated rings. The van der Waals surface area contributed by atoms with E-state index in [0.29, 0.717) is 18.0 Å². The molecule has 1 amide bonds. The van der Waals surface area contributed by atoms with Crippen molar-refractivity contribution in [3.63, 3.8) is 0 Å². The quantitative estimate of drug-likeness (QED) is 0.748. The molecular weight excluding hydrogens is 301 g/mol. The van der Waals surface area contributed by atoms with Crippen LogP contribution in [0.25, 0.3) is 0 Å². The van der Waals surface area contributed by atoms with Crippen molar-refractivity contribution in [1.82, 2.24) is 10.2 Å². The van der Waals surface area contributed by atoms with Gasteiger partial charge in [-0.2, -0.15) is 0 Å². The van der Waals surface area contributed by atoms with E-state index in [0.717, 1.165) is 23.4 Å².